The Morgan fingerprint density at radius 3 is 2.85 bits per heavy atom. The Morgan fingerprint density at radius 1 is 1.22 bits per heavy atom. The van der Waals surface area contributed by atoms with Gasteiger partial charge in [0.05, 0.1) is 10.6 Å². The fraction of sp³-hybridized carbons (Fsp3) is 0.619. The predicted octanol–water partition coefficient (Wildman–Crippen LogP) is 4.39. The summed E-state index contributed by atoms with van der Waals surface area (Å²) >= 11 is 1.72. The first kappa shape index (κ1) is 18.7. The largest absolute Gasteiger partial charge is 0.440 e. The van der Waals surface area contributed by atoms with Crippen LogP contribution in [0.2, 0.25) is 0 Å². The maximum Gasteiger partial charge on any atom is 0.236 e. The molecular weight excluding hydrogens is 358 g/mol. The highest BCUT2D eigenvalue weighted by molar-refractivity contribution is 7.15. The average Bonchev–Trinajstić information content (AvgIpc) is 3.36. The number of piperidine rings is 1. The number of aryl methyl sites for hydroxylation is 2. The standard InChI is InChI=1S/C21H29N3O2S/c1-15-8-9-19(27-15)21-22-18(16(2)26-21)14-24-11-4-3-6-17(24)10-13-23-12-5-7-20(23)25/h8-9,17H,3-7,10-14H2,1-2H3. The molecular formula is C21H29N3O2S. The highest BCUT2D eigenvalue weighted by atomic mass is 32.1. The fourth-order valence-electron chi connectivity index (χ4n) is 4.26. The molecule has 1 amide bonds. The van der Waals surface area contributed by atoms with Crippen LogP contribution >= 0.6 is 11.3 Å². The number of hydrogen-bond donors (Lipinski definition) is 0. The number of aromatic nitrogens is 1. The van der Waals surface area contributed by atoms with Gasteiger partial charge in [0.2, 0.25) is 11.8 Å². The lowest BCUT2D eigenvalue weighted by Crippen LogP contribution is -2.41. The van der Waals surface area contributed by atoms with Crippen molar-refractivity contribution in [1.82, 2.24) is 14.8 Å². The SMILES string of the molecule is Cc1ccc(-c2nc(CN3CCCCC3CCN3CCCC3=O)c(C)o2)s1. The van der Waals surface area contributed by atoms with Crippen LogP contribution in [-0.4, -0.2) is 46.4 Å². The van der Waals surface area contributed by atoms with Crippen molar-refractivity contribution in [3.63, 3.8) is 0 Å². The predicted molar refractivity (Wildman–Crippen MR) is 108 cm³/mol. The smallest absolute Gasteiger partial charge is 0.236 e. The second-order valence-corrected chi connectivity index (χ2v) is 9.11. The van der Waals surface area contributed by atoms with Crippen molar-refractivity contribution in [2.24, 2.45) is 0 Å². The summed E-state index contributed by atoms with van der Waals surface area (Å²) < 4.78 is 5.97. The summed E-state index contributed by atoms with van der Waals surface area (Å²) in [7, 11) is 0. The van der Waals surface area contributed by atoms with E-state index in [0.29, 0.717) is 11.9 Å². The van der Waals surface area contributed by atoms with E-state index in [9.17, 15) is 4.79 Å². The maximum atomic E-state index is 11.9. The molecule has 0 saturated carbocycles. The molecule has 4 rings (SSSR count). The molecule has 1 atom stereocenters. The highest BCUT2D eigenvalue weighted by Gasteiger charge is 2.27. The van der Waals surface area contributed by atoms with Gasteiger partial charge in [0, 0.05) is 37.0 Å². The van der Waals surface area contributed by atoms with Gasteiger partial charge in [-0.3, -0.25) is 9.69 Å². The molecule has 2 aliphatic rings. The first-order valence-electron chi connectivity index (χ1n) is 10.1. The molecule has 0 aromatic carbocycles. The topological polar surface area (TPSA) is 49.6 Å². The monoisotopic (exact) mass is 387 g/mol. The molecule has 6 heteroatoms. The van der Waals surface area contributed by atoms with Crippen molar-refractivity contribution in [3.8, 4) is 10.8 Å². The molecule has 2 aromatic rings. The number of hydrogen-bond acceptors (Lipinski definition) is 5. The van der Waals surface area contributed by atoms with Crippen molar-refractivity contribution >= 4 is 17.2 Å². The van der Waals surface area contributed by atoms with E-state index in [4.69, 9.17) is 9.40 Å². The third kappa shape index (κ3) is 4.27. The fourth-order valence-corrected chi connectivity index (χ4v) is 5.06. The number of likely N-dealkylation sites (tertiary alicyclic amines) is 2. The van der Waals surface area contributed by atoms with Crippen LogP contribution in [0, 0.1) is 13.8 Å². The minimum Gasteiger partial charge on any atom is -0.440 e. The van der Waals surface area contributed by atoms with E-state index < -0.39 is 0 Å². The van der Waals surface area contributed by atoms with Gasteiger partial charge < -0.3 is 9.32 Å². The zero-order chi connectivity index (χ0) is 18.8. The van der Waals surface area contributed by atoms with Gasteiger partial charge in [-0.1, -0.05) is 6.42 Å². The van der Waals surface area contributed by atoms with E-state index >= 15 is 0 Å². The third-order valence-corrected chi connectivity index (χ3v) is 6.84. The minimum atomic E-state index is 0.334. The van der Waals surface area contributed by atoms with Gasteiger partial charge in [0.25, 0.3) is 0 Å². The molecule has 2 aliphatic heterocycles. The van der Waals surface area contributed by atoms with Crippen molar-refractivity contribution in [2.45, 2.75) is 65.0 Å². The van der Waals surface area contributed by atoms with Crippen LogP contribution in [0.4, 0.5) is 0 Å². The molecule has 4 heterocycles. The van der Waals surface area contributed by atoms with Gasteiger partial charge in [0.15, 0.2) is 0 Å². The Balaban J connectivity index is 1.42. The van der Waals surface area contributed by atoms with E-state index in [0.717, 1.165) is 67.7 Å². The molecule has 2 aromatic heterocycles. The molecule has 0 bridgehead atoms. The van der Waals surface area contributed by atoms with Crippen molar-refractivity contribution in [3.05, 3.63) is 28.5 Å². The van der Waals surface area contributed by atoms with Gasteiger partial charge in [-0.2, -0.15) is 0 Å². The first-order valence-corrected chi connectivity index (χ1v) is 11.0. The summed E-state index contributed by atoms with van der Waals surface area (Å²) in [5.74, 6) is 2.01. The Hall–Kier alpha value is -1.66. The molecule has 0 spiro atoms. The molecule has 2 saturated heterocycles. The van der Waals surface area contributed by atoms with E-state index in [2.05, 4.69) is 24.0 Å². The quantitative estimate of drug-likeness (QED) is 0.738. The number of oxazole rings is 1. The Kier molecular flexibility index (Phi) is 5.64. The third-order valence-electron chi connectivity index (χ3n) is 5.85. The van der Waals surface area contributed by atoms with E-state index in [1.165, 1.54) is 24.1 Å². The summed E-state index contributed by atoms with van der Waals surface area (Å²) in [6.45, 7) is 7.92. The molecule has 5 nitrogen and oxygen atoms in total. The van der Waals surface area contributed by atoms with Crippen LogP contribution in [0.3, 0.4) is 0 Å². The van der Waals surface area contributed by atoms with Crippen molar-refractivity contribution in [1.29, 1.82) is 0 Å². The summed E-state index contributed by atoms with van der Waals surface area (Å²) in [6, 6.07) is 4.74. The zero-order valence-corrected chi connectivity index (χ0v) is 17.2. The molecule has 0 N–H and O–H groups in total. The lowest BCUT2D eigenvalue weighted by molar-refractivity contribution is -0.127. The van der Waals surface area contributed by atoms with E-state index in [-0.39, 0.29) is 0 Å². The van der Waals surface area contributed by atoms with E-state index in [1.54, 1.807) is 11.3 Å². The van der Waals surface area contributed by atoms with Crippen molar-refractivity contribution < 1.29 is 9.21 Å². The normalized spacial score (nSPS) is 21.3. The Bertz CT molecular complexity index is 797. The molecule has 27 heavy (non-hydrogen) atoms. The molecule has 2 fully saturated rings. The Morgan fingerprint density at radius 2 is 2.11 bits per heavy atom. The molecule has 146 valence electrons. The maximum absolute atomic E-state index is 11.9. The number of amides is 1. The summed E-state index contributed by atoms with van der Waals surface area (Å²) in [4.78, 5) is 23.7. The highest BCUT2D eigenvalue weighted by Crippen LogP contribution is 2.30. The van der Waals surface area contributed by atoms with Gasteiger partial charge in [-0.25, -0.2) is 4.98 Å². The number of carbonyl (C=O) groups excluding carboxylic acids is 1. The summed E-state index contributed by atoms with van der Waals surface area (Å²) in [5, 5.41) is 0. The van der Waals surface area contributed by atoms with Crippen LogP contribution < -0.4 is 0 Å². The van der Waals surface area contributed by atoms with Gasteiger partial charge in [-0.15, -0.1) is 11.3 Å². The summed E-state index contributed by atoms with van der Waals surface area (Å²) in [5.41, 5.74) is 1.06. The van der Waals surface area contributed by atoms with Crippen LogP contribution in [0.1, 0.15) is 54.9 Å². The summed E-state index contributed by atoms with van der Waals surface area (Å²) in [6.07, 6.45) is 6.57. The van der Waals surface area contributed by atoms with Gasteiger partial charge in [0.1, 0.15) is 5.76 Å². The second kappa shape index (κ2) is 8.15. The number of rotatable bonds is 6. The van der Waals surface area contributed by atoms with Crippen LogP contribution in [-0.2, 0) is 11.3 Å². The molecule has 1 unspecified atom stereocenters. The van der Waals surface area contributed by atoms with Crippen LogP contribution in [0.5, 0.6) is 0 Å². The zero-order valence-electron chi connectivity index (χ0n) is 16.4. The van der Waals surface area contributed by atoms with Crippen LogP contribution in [0.15, 0.2) is 16.5 Å². The van der Waals surface area contributed by atoms with Crippen molar-refractivity contribution in [2.75, 3.05) is 19.6 Å². The van der Waals surface area contributed by atoms with Gasteiger partial charge >= 0.3 is 0 Å². The average molecular weight is 388 g/mol. The van der Waals surface area contributed by atoms with Crippen LogP contribution in [0.25, 0.3) is 10.8 Å². The Labute approximate surface area is 165 Å². The molecule has 0 radical (unpaired) electrons. The minimum absolute atomic E-state index is 0.334. The first-order chi connectivity index (χ1) is 13.1. The lowest BCUT2D eigenvalue weighted by atomic mass is 9.98. The second-order valence-electron chi connectivity index (χ2n) is 7.83. The van der Waals surface area contributed by atoms with E-state index in [1.807, 2.05) is 11.8 Å². The number of carbonyl (C=O) groups is 1. The lowest BCUT2D eigenvalue weighted by Gasteiger charge is -2.36. The number of nitrogens with zero attached hydrogens (tertiary/aromatic N) is 3. The number of thiophene rings is 1. The molecule has 0 aliphatic carbocycles. The van der Waals surface area contributed by atoms with Gasteiger partial charge in [-0.05, 0) is 58.2 Å².